The Morgan fingerprint density at radius 3 is 2.87 bits per heavy atom. The van der Waals surface area contributed by atoms with Crippen LogP contribution in [0.5, 0.6) is 0 Å². The molecule has 4 heterocycles. The zero-order valence-electron chi connectivity index (χ0n) is 18.0. The maximum atomic E-state index is 12.9. The lowest BCUT2D eigenvalue weighted by Gasteiger charge is -2.33. The highest BCUT2D eigenvalue weighted by Crippen LogP contribution is 2.38. The van der Waals surface area contributed by atoms with Crippen LogP contribution >= 0.6 is 11.3 Å². The number of carbonyl (C=O) groups is 1. The fraction of sp³-hybridized carbons (Fsp3) is 0.333. The lowest BCUT2D eigenvalue weighted by atomic mass is 10.0. The molecule has 6 nitrogen and oxygen atoms in total. The summed E-state index contributed by atoms with van der Waals surface area (Å²) in [5, 5.41) is 2.32. The molecule has 1 unspecified atom stereocenters. The standard InChI is InChI=1S/C24H26N4O2S/c1-26(2)24(29)22-21(18-8-6-10-25-23(18)31-22)20-15-28(11-12-30-20)14-16-13-27(3)19-9-5-4-7-17(16)19/h4-10,13,20H,11-12,14-15H2,1-3H3. The fourth-order valence-corrected chi connectivity index (χ4v) is 5.66. The fourth-order valence-electron chi connectivity index (χ4n) is 4.45. The van der Waals surface area contributed by atoms with Crippen molar-refractivity contribution in [2.45, 2.75) is 12.6 Å². The Labute approximate surface area is 185 Å². The first kappa shape index (κ1) is 20.2. The molecule has 0 spiro atoms. The molecular formula is C24H26N4O2S. The van der Waals surface area contributed by atoms with E-state index in [1.165, 1.54) is 27.8 Å². The quantitative estimate of drug-likeness (QED) is 0.486. The van der Waals surface area contributed by atoms with Gasteiger partial charge in [0.1, 0.15) is 9.71 Å². The maximum absolute atomic E-state index is 12.9. The molecule has 1 atom stereocenters. The summed E-state index contributed by atoms with van der Waals surface area (Å²) < 4.78 is 8.41. The molecule has 1 aliphatic heterocycles. The molecule has 1 aliphatic rings. The Kier molecular flexibility index (Phi) is 5.25. The van der Waals surface area contributed by atoms with Gasteiger partial charge in [0.05, 0.1) is 12.7 Å². The summed E-state index contributed by atoms with van der Waals surface area (Å²) in [5.41, 5.74) is 3.55. The normalized spacial score (nSPS) is 17.5. The molecule has 1 amide bonds. The van der Waals surface area contributed by atoms with Crippen molar-refractivity contribution in [2.75, 3.05) is 33.8 Å². The molecule has 0 bridgehead atoms. The number of rotatable bonds is 4. The average Bonchev–Trinajstić information content (AvgIpc) is 3.32. The van der Waals surface area contributed by atoms with Crippen molar-refractivity contribution in [3.05, 3.63) is 64.8 Å². The van der Waals surface area contributed by atoms with E-state index in [1.54, 1.807) is 25.2 Å². The number of nitrogens with zero attached hydrogens (tertiary/aromatic N) is 4. The maximum Gasteiger partial charge on any atom is 0.263 e. The highest BCUT2D eigenvalue weighted by Gasteiger charge is 2.31. The molecule has 1 fully saturated rings. The van der Waals surface area contributed by atoms with E-state index in [4.69, 9.17) is 4.74 Å². The molecule has 3 aromatic heterocycles. The highest BCUT2D eigenvalue weighted by atomic mass is 32.1. The van der Waals surface area contributed by atoms with Crippen LogP contribution in [0.15, 0.2) is 48.8 Å². The SMILES string of the molecule is CN(C)C(=O)c1sc2ncccc2c1C1CN(Cc2cn(C)c3ccccc23)CCO1. The predicted octanol–water partition coefficient (Wildman–Crippen LogP) is 4.06. The van der Waals surface area contributed by atoms with Crippen molar-refractivity contribution in [3.63, 3.8) is 0 Å². The number of morpholine rings is 1. The molecule has 1 saturated heterocycles. The third-order valence-electron chi connectivity index (χ3n) is 5.95. The molecule has 160 valence electrons. The van der Waals surface area contributed by atoms with Gasteiger partial charge in [-0.3, -0.25) is 9.69 Å². The van der Waals surface area contributed by atoms with E-state index in [9.17, 15) is 4.79 Å². The second-order valence-electron chi connectivity index (χ2n) is 8.28. The Morgan fingerprint density at radius 1 is 1.23 bits per heavy atom. The van der Waals surface area contributed by atoms with Crippen molar-refractivity contribution < 1.29 is 9.53 Å². The van der Waals surface area contributed by atoms with Crippen LogP contribution in [0, 0.1) is 0 Å². The van der Waals surface area contributed by atoms with E-state index in [2.05, 4.69) is 52.0 Å². The monoisotopic (exact) mass is 434 g/mol. The smallest absolute Gasteiger partial charge is 0.263 e. The third kappa shape index (κ3) is 3.63. The number of thiophene rings is 1. The van der Waals surface area contributed by atoms with Crippen molar-refractivity contribution in [3.8, 4) is 0 Å². The molecule has 0 N–H and O–H groups in total. The minimum absolute atomic E-state index is 0.00720. The number of aryl methyl sites for hydroxylation is 1. The Morgan fingerprint density at radius 2 is 2.03 bits per heavy atom. The van der Waals surface area contributed by atoms with E-state index < -0.39 is 0 Å². The van der Waals surface area contributed by atoms with Crippen molar-refractivity contribution in [1.29, 1.82) is 0 Å². The van der Waals surface area contributed by atoms with Crippen molar-refractivity contribution in [2.24, 2.45) is 7.05 Å². The summed E-state index contributed by atoms with van der Waals surface area (Å²) in [5.74, 6) is 0.00720. The van der Waals surface area contributed by atoms with Crippen molar-refractivity contribution in [1.82, 2.24) is 19.4 Å². The summed E-state index contributed by atoms with van der Waals surface area (Å²) in [4.78, 5) is 23.1. The first-order chi connectivity index (χ1) is 15.0. The number of pyridine rings is 1. The Balaban J connectivity index is 1.47. The van der Waals surface area contributed by atoms with E-state index in [0.29, 0.717) is 6.61 Å². The number of para-hydroxylation sites is 1. The highest BCUT2D eigenvalue weighted by molar-refractivity contribution is 7.20. The van der Waals surface area contributed by atoms with Gasteiger partial charge >= 0.3 is 0 Å². The van der Waals surface area contributed by atoms with Crippen LogP contribution < -0.4 is 0 Å². The molecule has 1 aromatic carbocycles. The molecule has 5 rings (SSSR count). The van der Waals surface area contributed by atoms with Crippen LogP contribution in [0.1, 0.15) is 26.9 Å². The topological polar surface area (TPSA) is 50.6 Å². The summed E-state index contributed by atoms with van der Waals surface area (Å²) in [6, 6.07) is 12.5. The lowest BCUT2D eigenvalue weighted by Crippen LogP contribution is -2.38. The molecule has 31 heavy (non-hydrogen) atoms. The van der Waals surface area contributed by atoms with Gasteiger partial charge in [-0.05, 0) is 17.7 Å². The number of carbonyl (C=O) groups excluding carboxylic acids is 1. The van der Waals surface area contributed by atoms with Crippen molar-refractivity contribution >= 4 is 38.4 Å². The minimum atomic E-state index is -0.152. The predicted molar refractivity (Wildman–Crippen MR) is 125 cm³/mol. The van der Waals surface area contributed by atoms with Gasteiger partial charge in [0.15, 0.2) is 0 Å². The van der Waals surface area contributed by atoms with Crippen LogP contribution in [-0.2, 0) is 18.3 Å². The second kappa shape index (κ2) is 8.07. The summed E-state index contributed by atoms with van der Waals surface area (Å²) in [7, 11) is 5.68. The zero-order valence-corrected chi connectivity index (χ0v) is 18.9. The minimum Gasteiger partial charge on any atom is -0.371 e. The van der Waals surface area contributed by atoms with E-state index in [1.807, 2.05) is 12.1 Å². The van der Waals surface area contributed by atoms with Crippen LogP contribution in [-0.4, -0.2) is 59.0 Å². The zero-order chi connectivity index (χ0) is 21.5. The van der Waals surface area contributed by atoms with E-state index in [-0.39, 0.29) is 12.0 Å². The molecular weight excluding hydrogens is 408 g/mol. The van der Waals surface area contributed by atoms with E-state index in [0.717, 1.165) is 40.3 Å². The Hall–Kier alpha value is -2.74. The van der Waals surface area contributed by atoms with Gasteiger partial charge in [-0.2, -0.15) is 0 Å². The Bertz CT molecular complexity index is 1260. The molecule has 4 aromatic rings. The average molecular weight is 435 g/mol. The van der Waals surface area contributed by atoms with Gasteiger partial charge in [0.2, 0.25) is 0 Å². The number of hydrogen-bond donors (Lipinski definition) is 0. The summed E-state index contributed by atoms with van der Waals surface area (Å²) >= 11 is 1.46. The first-order valence-electron chi connectivity index (χ1n) is 10.5. The van der Waals surface area contributed by atoms with Gasteiger partial charge in [0, 0.05) is 75.0 Å². The lowest BCUT2D eigenvalue weighted by molar-refractivity contribution is -0.0322. The number of benzene rings is 1. The van der Waals surface area contributed by atoms with Gasteiger partial charge in [-0.1, -0.05) is 24.3 Å². The number of ether oxygens (including phenoxy) is 1. The molecule has 0 saturated carbocycles. The summed E-state index contributed by atoms with van der Waals surface area (Å²) in [6.07, 6.45) is 3.85. The number of hydrogen-bond acceptors (Lipinski definition) is 5. The largest absolute Gasteiger partial charge is 0.371 e. The van der Waals surface area contributed by atoms with Gasteiger partial charge in [-0.15, -0.1) is 11.3 Å². The number of aromatic nitrogens is 2. The van der Waals surface area contributed by atoms with Gasteiger partial charge in [0.25, 0.3) is 5.91 Å². The van der Waals surface area contributed by atoms with Crippen LogP contribution in [0.2, 0.25) is 0 Å². The first-order valence-corrected chi connectivity index (χ1v) is 11.3. The van der Waals surface area contributed by atoms with Gasteiger partial charge in [-0.25, -0.2) is 4.98 Å². The molecule has 7 heteroatoms. The number of amides is 1. The molecule has 0 aliphatic carbocycles. The second-order valence-corrected chi connectivity index (χ2v) is 9.28. The summed E-state index contributed by atoms with van der Waals surface area (Å²) in [6.45, 7) is 3.12. The molecule has 0 radical (unpaired) electrons. The van der Waals surface area contributed by atoms with Crippen LogP contribution in [0.4, 0.5) is 0 Å². The van der Waals surface area contributed by atoms with Crippen LogP contribution in [0.25, 0.3) is 21.1 Å². The van der Waals surface area contributed by atoms with Gasteiger partial charge < -0.3 is 14.2 Å². The number of fused-ring (bicyclic) bond motifs is 2. The third-order valence-corrected chi connectivity index (χ3v) is 7.07. The van der Waals surface area contributed by atoms with E-state index >= 15 is 0 Å². The van der Waals surface area contributed by atoms with Crippen LogP contribution in [0.3, 0.4) is 0 Å².